The van der Waals surface area contributed by atoms with Crippen molar-refractivity contribution < 1.29 is 9.53 Å². The van der Waals surface area contributed by atoms with E-state index in [1.165, 1.54) is 6.33 Å². The lowest BCUT2D eigenvalue weighted by Crippen LogP contribution is -2.21. The molecule has 0 radical (unpaired) electrons. The van der Waals surface area contributed by atoms with Gasteiger partial charge in [0.25, 0.3) is 5.91 Å². The van der Waals surface area contributed by atoms with E-state index in [0.717, 1.165) is 0 Å². The van der Waals surface area contributed by atoms with Crippen LogP contribution in [0.5, 0.6) is 5.88 Å². The van der Waals surface area contributed by atoms with Crippen LogP contribution in [0.1, 0.15) is 5.56 Å². The van der Waals surface area contributed by atoms with Crippen LogP contribution in [0.3, 0.4) is 0 Å². The number of aromatic nitrogens is 2. The van der Waals surface area contributed by atoms with E-state index in [4.69, 9.17) is 33.2 Å². The summed E-state index contributed by atoms with van der Waals surface area (Å²) in [6.45, 7) is -0.296. The molecule has 3 rings (SSSR count). The summed E-state index contributed by atoms with van der Waals surface area (Å²) < 4.78 is 5.47. The molecule has 124 valence electrons. The molecule has 0 saturated heterocycles. The number of hydrogen-bond donors (Lipinski definition) is 1. The molecule has 0 spiro atoms. The Kier molecular flexibility index (Phi) is 4.98. The molecule has 1 N–H and O–H groups in total. The van der Waals surface area contributed by atoms with Crippen molar-refractivity contribution in [1.29, 1.82) is 5.26 Å². The predicted molar refractivity (Wildman–Crippen MR) is 94.8 cm³/mol. The number of nitrogens with one attached hydrogen (secondary N) is 1. The Morgan fingerprint density at radius 1 is 1.24 bits per heavy atom. The Morgan fingerprint density at radius 3 is 2.84 bits per heavy atom. The Labute approximate surface area is 153 Å². The van der Waals surface area contributed by atoms with Gasteiger partial charge >= 0.3 is 0 Å². The van der Waals surface area contributed by atoms with Crippen molar-refractivity contribution in [2.45, 2.75) is 0 Å². The van der Waals surface area contributed by atoms with E-state index in [1.807, 2.05) is 6.07 Å². The quantitative estimate of drug-likeness (QED) is 0.751. The second-order valence-electron chi connectivity index (χ2n) is 4.96. The number of benzene rings is 2. The molecule has 1 aromatic heterocycles. The third kappa shape index (κ3) is 3.79. The molecule has 1 amide bonds. The van der Waals surface area contributed by atoms with Crippen LogP contribution in [0.15, 0.2) is 42.7 Å². The number of carbonyl (C=O) groups excluding carboxylic acids is 1. The van der Waals surface area contributed by atoms with Crippen LogP contribution < -0.4 is 10.1 Å². The summed E-state index contributed by atoms with van der Waals surface area (Å²) >= 11 is 12.1. The Balaban J connectivity index is 1.77. The van der Waals surface area contributed by atoms with Gasteiger partial charge in [-0.3, -0.25) is 4.79 Å². The fourth-order valence-electron chi connectivity index (χ4n) is 2.19. The molecule has 6 nitrogen and oxygen atoms in total. The number of anilines is 1. The molecule has 8 heteroatoms. The van der Waals surface area contributed by atoms with Gasteiger partial charge in [0, 0.05) is 5.02 Å². The van der Waals surface area contributed by atoms with Crippen molar-refractivity contribution in [3.8, 4) is 11.9 Å². The number of para-hydroxylation sites is 1. The van der Waals surface area contributed by atoms with Gasteiger partial charge in [-0.1, -0.05) is 35.3 Å². The minimum absolute atomic E-state index is 0.193. The lowest BCUT2D eigenvalue weighted by Gasteiger charge is -2.10. The Morgan fingerprint density at radius 2 is 2.04 bits per heavy atom. The maximum atomic E-state index is 12.1. The number of nitrogens with zero attached hydrogens (tertiary/aromatic N) is 3. The minimum Gasteiger partial charge on any atom is -0.467 e. The van der Waals surface area contributed by atoms with Crippen molar-refractivity contribution in [2.75, 3.05) is 11.9 Å². The highest BCUT2D eigenvalue weighted by Gasteiger charge is 2.12. The zero-order chi connectivity index (χ0) is 17.8. The molecule has 0 unspecified atom stereocenters. The van der Waals surface area contributed by atoms with Gasteiger partial charge in [-0.15, -0.1) is 0 Å². The van der Waals surface area contributed by atoms with Gasteiger partial charge in [0.15, 0.2) is 6.61 Å². The average molecular weight is 373 g/mol. The van der Waals surface area contributed by atoms with Gasteiger partial charge in [0.2, 0.25) is 5.88 Å². The number of rotatable bonds is 4. The van der Waals surface area contributed by atoms with Gasteiger partial charge in [-0.05, 0) is 24.3 Å². The summed E-state index contributed by atoms with van der Waals surface area (Å²) in [5.74, 6) is -0.235. The highest BCUT2D eigenvalue weighted by Crippen LogP contribution is 2.30. The van der Waals surface area contributed by atoms with E-state index < -0.39 is 5.91 Å². The highest BCUT2D eigenvalue weighted by molar-refractivity contribution is 6.38. The fraction of sp³-hybridized carbons (Fsp3) is 0.0588. The standard InChI is InChI=1S/C17H10Cl2N4O2/c18-11-5-12-16(13(19)6-11)21-9-22-17(12)25-8-15(24)23-14-4-2-1-3-10(14)7-20/h1-6,9H,8H2,(H,23,24). The number of ether oxygens (including phenoxy) is 1. The number of amides is 1. The van der Waals surface area contributed by atoms with Crippen LogP contribution >= 0.6 is 23.2 Å². The predicted octanol–water partition coefficient (Wildman–Crippen LogP) is 3.83. The smallest absolute Gasteiger partial charge is 0.262 e. The van der Waals surface area contributed by atoms with Gasteiger partial charge in [-0.25, -0.2) is 9.97 Å². The summed E-state index contributed by atoms with van der Waals surface area (Å²) in [5.41, 5.74) is 1.26. The van der Waals surface area contributed by atoms with Crippen LogP contribution in [-0.2, 0) is 4.79 Å². The first-order valence-corrected chi connectivity index (χ1v) is 7.85. The first kappa shape index (κ1) is 17.0. The first-order valence-electron chi connectivity index (χ1n) is 7.10. The van der Waals surface area contributed by atoms with Crippen molar-refractivity contribution in [3.63, 3.8) is 0 Å². The molecular formula is C17H10Cl2N4O2. The Hall–Kier alpha value is -2.88. The third-order valence-corrected chi connectivity index (χ3v) is 3.79. The van der Waals surface area contributed by atoms with Crippen LogP contribution in [0.25, 0.3) is 10.9 Å². The summed E-state index contributed by atoms with van der Waals surface area (Å²) in [6, 6.07) is 11.9. The lowest BCUT2D eigenvalue weighted by molar-refractivity contribution is -0.118. The number of nitriles is 1. The topological polar surface area (TPSA) is 87.9 Å². The number of hydrogen-bond acceptors (Lipinski definition) is 5. The van der Waals surface area contributed by atoms with E-state index in [2.05, 4.69) is 15.3 Å². The molecule has 0 atom stereocenters. The molecule has 0 fully saturated rings. The van der Waals surface area contributed by atoms with Crippen LogP contribution in [0, 0.1) is 11.3 Å². The molecule has 1 heterocycles. The number of halogens is 2. The molecule has 0 aliphatic carbocycles. The summed E-state index contributed by atoms with van der Waals surface area (Å²) in [7, 11) is 0. The van der Waals surface area contributed by atoms with E-state index in [9.17, 15) is 4.79 Å². The SMILES string of the molecule is N#Cc1ccccc1NC(=O)COc1ncnc2c(Cl)cc(Cl)cc12. The molecule has 0 aliphatic rings. The zero-order valence-corrected chi connectivity index (χ0v) is 14.2. The molecule has 3 aromatic rings. The van der Waals surface area contributed by atoms with E-state index in [1.54, 1.807) is 36.4 Å². The number of fused-ring (bicyclic) bond motifs is 1. The van der Waals surface area contributed by atoms with Gasteiger partial charge in [0.1, 0.15) is 12.4 Å². The second kappa shape index (κ2) is 7.34. The lowest BCUT2D eigenvalue weighted by atomic mass is 10.2. The van der Waals surface area contributed by atoms with Crippen LogP contribution in [0.4, 0.5) is 5.69 Å². The number of carbonyl (C=O) groups is 1. The molecule has 0 saturated carbocycles. The minimum atomic E-state index is -0.428. The van der Waals surface area contributed by atoms with Gasteiger partial charge in [-0.2, -0.15) is 5.26 Å². The van der Waals surface area contributed by atoms with E-state index in [0.29, 0.717) is 32.2 Å². The molecule has 0 bridgehead atoms. The first-order chi connectivity index (χ1) is 12.1. The van der Waals surface area contributed by atoms with Crippen molar-refractivity contribution >= 4 is 45.7 Å². The summed E-state index contributed by atoms with van der Waals surface area (Å²) in [6.07, 6.45) is 1.29. The monoisotopic (exact) mass is 372 g/mol. The van der Waals surface area contributed by atoms with Crippen LogP contribution in [-0.4, -0.2) is 22.5 Å². The van der Waals surface area contributed by atoms with E-state index in [-0.39, 0.29) is 12.5 Å². The fourth-order valence-corrected chi connectivity index (χ4v) is 2.74. The summed E-state index contributed by atoms with van der Waals surface area (Å²) in [4.78, 5) is 20.2. The van der Waals surface area contributed by atoms with Crippen LogP contribution in [0.2, 0.25) is 10.0 Å². The highest BCUT2D eigenvalue weighted by atomic mass is 35.5. The molecule has 25 heavy (non-hydrogen) atoms. The maximum absolute atomic E-state index is 12.1. The summed E-state index contributed by atoms with van der Waals surface area (Å²) in [5, 5.41) is 12.9. The normalized spacial score (nSPS) is 10.3. The molecule has 2 aromatic carbocycles. The third-order valence-electron chi connectivity index (χ3n) is 3.28. The Bertz CT molecular complexity index is 1000. The second-order valence-corrected chi connectivity index (χ2v) is 5.80. The van der Waals surface area contributed by atoms with Gasteiger partial charge < -0.3 is 10.1 Å². The van der Waals surface area contributed by atoms with E-state index >= 15 is 0 Å². The average Bonchev–Trinajstić information content (AvgIpc) is 2.60. The molecule has 0 aliphatic heterocycles. The van der Waals surface area contributed by atoms with Gasteiger partial charge in [0.05, 0.1) is 27.2 Å². The van der Waals surface area contributed by atoms with Crippen molar-refractivity contribution in [1.82, 2.24) is 9.97 Å². The maximum Gasteiger partial charge on any atom is 0.262 e. The largest absolute Gasteiger partial charge is 0.467 e. The van der Waals surface area contributed by atoms with Crippen molar-refractivity contribution in [2.24, 2.45) is 0 Å². The zero-order valence-electron chi connectivity index (χ0n) is 12.7. The van der Waals surface area contributed by atoms with Crippen molar-refractivity contribution in [3.05, 3.63) is 58.3 Å². The molecular weight excluding hydrogens is 363 g/mol.